The number of rotatable bonds is 3. The van der Waals surface area contributed by atoms with Crippen molar-refractivity contribution >= 4 is 5.91 Å². The van der Waals surface area contributed by atoms with Crippen LogP contribution in [0.2, 0.25) is 0 Å². The molecule has 1 amide bonds. The van der Waals surface area contributed by atoms with Crippen molar-refractivity contribution in [2.45, 2.75) is 52.4 Å². The molecule has 0 spiro atoms. The first-order valence-corrected chi connectivity index (χ1v) is 9.34. The van der Waals surface area contributed by atoms with Crippen LogP contribution in [0.3, 0.4) is 0 Å². The molecule has 4 nitrogen and oxygen atoms in total. The van der Waals surface area contributed by atoms with E-state index in [1.165, 1.54) is 11.6 Å². The van der Waals surface area contributed by atoms with Gasteiger partial charge in [0.2, 0.25) is 5.91 Å². The summed E-state index contributed by atoms with van der Waals surface area (Å²) >= 11 is 0. The largest absolute Gasteiger partial charge is 0.372 e. The Hall–Kier alpha value is -1.46. The van der Waals surface area contributed by atoms with E-state index in [-0.39, 0.29) is 23.9 Å². The van der Waals surface area contributed by atoms with Gasteiger partial charge in [-0.1, -0.05) is 6.07 Å². The number of carbonyl (C=O) groups is 1. The fraction of sp³-hybridized carbons (Fsp3) is 0.650. The van der Waals surface area contributed by atoms with Crippen molar-refractivity contribution in [3.05, 3.63) is 35.1 Å². The van der Waals surface area contributed by atoms with Crippen molar-refractivity contribution in [3.8, 4) is 0 Å². The first-order chi connectivity index (χ1) is 11.9. The van der Waals surface area contributed by atoms with Gasteiger partial charge in [0.1, 0.15) is 5.82 Å². The molecule has 2 atom stereocenters. The van der Waals surface area contributed by atoms with E-state index in [4.69, 9.17) is 4.74 Å². The number of hydrogen-bond donors (Lipinski definition) is 0. The van der Waals surface area contributed by atoms with E-state index in [9.17, 15) is 9.18 Å². The second-order valence-corrected chi connectivity index (χ2v) is 7.62. The van der Waals surface area contributed by atoms with E-state index >= 15 is 0 Å². The van der Waals surface area contributed by atoms with Crippen LogP contribution < -0.4 is 0 Å². The Morgan fingerprint density at radius 2 is 1.84 bits per heavy atom. The minimum atomic E-state index is -0.181. The zero-order valence-corrected chi connectivity index (χ0v) is 15.5. The van der Waals surface area contributed by atoms with E-state index in [1.54, 1.807) is 6.07 Å². The van der Waals surface area contributed by atoms with Crippen LogP contribution in [0, 0.1) is 18.7 Å². The highest BCUT2D eigenvalue weighted by Crippen LogP contribution is 2.24. The molecule has 0 bridgehead atoms. The maximum atomic E-state index is 13.2. The molecule has 1 aromatic carbocycles. The number of aryl methyl sites for hydroxylation is 1. The smallest absolute Gasteiger partial charge is 0.225 e. The maximum absolute atomic E-state index is 13.2. The molecule has 25 heavy (non-hydrogen) atoms. The van der Waals surface area contributed by atoms with E-state index < -0.39 is 0 Å². The van der Waals surface area contributed by atoms with Gasteiger partial charge in [0.15, 0.2) is 0 Å². The average Bonchev–Trinajstić information content (AvgIpc) is 2.56. The monoisotopic (exact) mass is 348 g/mol. The van der Waals surface area contributed by atoms with Crippen LogP contribution in [0.5, 0.6) is 0 Å². The molecule has 138 valence electrons. The van der Waals surface area contributed by atoms with Crippen molar-refractivity contribution in [2.24, 2.45) is 5.92 Å². The second-order valence-electron chi connectivity index (χ2n) is 7.62. The highest BCUT2D eigenvalue weighted by atomic mass is 19.1. The van der Waals surface area contributed by atoms with Crippen molar-refractivity contribution in [2.75, 3.05) is 26.2 Å². The number of carbonyl (C=O) groups excluding carboxylic acids is 1. The van der Waals surface area contributed by atoms with Gasteiger partial charge in [0.25, 0.3) is 0 Å². The van der Waals surface area contributed by atoms with Gasteiger partial charge in [-0.15, -0.1) is 0 Å². The first kappa shape index (κ1) is 18.3. The summed E-state index contributed by atoms with van der Waals surface area (Å²) in [5.41, 5.74) is 2.16. The van der Waals surface area contributed by atoms with Crippen molar-refractivity contribution in [1.82, 2.24) is 9.80 Å². The number of halogens is 1. The predicted octanol–water partition coefficient (Wildman–Crippen LogP) is 2.98. The van der Waals surface area contributed by atoms with Gasteiger partial charge < -0.3 is 9.64 Å². The van der Waals surface area contributed by atoms with Gasteiger partial charge in [0.05, 0.1) is 12.2 Å². The van der Waals surface area contributed by atoms with Gasteiger partial charge in [-0.25, -0.2) is 4.39 Å². The fourth-order valence-corrected chi connectivity index (χ4v) is 4.03. The predicted molar refractivity (Wildman–Crippen MR) is 95.7 cm³/mol. The third-order valence-electron chi connectivity index (χ3n) is 5.37. The third kappa shape index (κ3) is 4.59. The lowest BCUT2D eigenvalue weighted by Crippen LogP contribution is -2.51. The molecule has 0 aliphatic carbocycles. The highest BCUT2D eigenvalue weighted by molar-refractivity contribution is 5.79. The number of amides is 1. The van der Waals surface area contributed by atoms with Crippen LogP contribution in [0.1, 0.15) is 37.8 Å². The van der Waals surface area contributed by atoms with Crippen LogP contribution in [-0.2, 0) is 16.1 Å². The Bertz CT molecular complexity index is 604. The Labute approximate surface area is 149 Å². The molecular weight excluding hydrogens is 319 g/mol. The molecular formula is C20H29FN2O2. The van der Waals surface area contributed by atoms with Crippen molar-refractivity contribution in [3.63, 3.8) is 0 Å². The molecule has 1 aromatic rings. The summed E-state index contributed by atoms with van der Waals surface area (Å²) in [5, 5.41) is 0. The van der Waals surface area contributed by atoms with Crippen LogP contribution >= 0.6 is 0 Å². The summed E-state index contributed by atoms with van der Waals surface area (Å²) < 4.78 is 19.0. The molecule has 3 rings (SSSR count). The highest BCUT2D eigenvalue weighted by Gasteiger charge is 2.32. The van der Waals surface area contributed by atoms with Crippen LogP contribution in [0.15, 0.2) is 18.2 Å². The SMILES string of the molecule is Cc1cc(F)ccc1CN1CCC(C(=O)N2CC(C)OC(C)C2)CC1. The fourth-order valence-electron chi connectivity index (χ4n) is 4.03. The molecule has 2 heterocycles. The Balaban J connectivity index is 1.52. The third-order valence-corrected chi connectivity index (χ3v) is 5.37. The average molecular weight is 348 g/mol. The number of likely N-dealkylation sites (tertiary alicyclic amines) is 1. The number of benzene rings is 1. The topological polar surface area (TPSA) is 32.8 Å². The first-order valence-electron chi connectivity index (χ1n) is 9.34. The van der Waals surface area contributed by atoms with Crippen LogP contribution in [-0.4, -0.2) is 54.1 Å². The number of nitrogens with zero attached hydrogens (tertiary/aromatic N) is 2. The number of morpholine rings is 1. The minimum Gasteiger partial charge on any atom is -0.372 e. The molecule has 2 saturated heterocycles. The van der Waals surface area contributed by atoms with Crippen LogP contribution in [0.4, 0.5) is 4.39 Å². The minimum absolute atomic E-state index is 0.120. The summed E-state index contributed by atoms with van der Waals surface area (Å²) in [7, 11) is 0. The number of hydrogen-bond acceptors (Lipinski definition) is 3. The zero-order chi connectivity index (χ0) is 18.0. The lowest BCUT2D eigenvalue weighted by atomic mass is 9.94. The van der Waals surface area contributed by atoms with Gasteiger partial charge in [-0.3, -0.25) is 9.69 Å². The van der Waals surface area contributed by atoms with E-state index in [1.807, 2.05) is 31.7 Å². The molecule has 2 unspecified atom stereocenters. The van der Waals surface area contributed by atoms with E-state index in [0.717, 1.165) is 38.0 Å². The molecule has 5 heteroatoms. The molecule has 2 aliphatic rings. The van der Waals surface area contributed by atoms with Gasteiger partial charge in [-0.2, -0.15) is 0 Å². The summed E-state index contributed by atoms with van der Waals surface area (Å²) in [5.74, 6) is 0.238. The second kappa shape index (κ2) is 7.83. The number of ether oxygens (including phenoxy) is 1. The Kier molecular flexibility index (Phi) is 5.74. The van der Waals surface area contributed by atoms with Gasteiger partial charge in [-0.05, 0) is 70.0 Å². The van der Waals surface area contributed by atoms with E-state index in [2.05, 4.69) is 4.90 Å². The summed E-state index contributed by atoms with van der Waals surface area (Å²) in [6, 6.07) is 4.99. The van der Waals surface area contributed by atoms with Gasteiger partial charge >= 0.3 is 0 Å². The zero-order valence-electron chi connectivity index (χ0n) is 15.5. The van der Waals surface area contributed by atoms with Crippen molar-refractivity contribution < 1.29 is 13.9 Å². The molecule has 2 aliphatic heterocycles. The van der Waals surface area contributed by atoms with Gasteiger partial charge in [0, 0.05) is 25.6 Å². The van der Waals surface area contributed by atoms with Crippen LogP contribution in [0.25, 0.3) is 0 Å². The van der Waals surface area contributed by atoms with Crippen molar-refractivity contribution in [1.29, 1.82) is 0 Å². The Morgan fingerprint density at radius 3 is 2.44 bits per heavy atom. The Morgan fingerprint density at radius 1 is 1.20 bits per heavy atom. The number of piperidine rings is 1. The lowest BCUT2D eigenvalue weighted by Gasteiger charge is -2.39. The standard InChI is InChI=1S/C20H29FN2O2/c1-14-10-19(21)5-4-18(14)13-22-8-6-17(7-9-22)20(24)23-11-15(2)25-16(3)12-23/h4-5,10,15-17H,6-9,11-13H2,1-3H3. The summed E-state index contributed by atoms with van der Waals surface area (Å²) in [6.07, 6.45) is 2.04. The molecule has 0 N–H and O–H groups in total. The quantitative estimate of drug-likeness (QED) is 0.842. The normalized spacial score (nSPS) is 26.0. The maximum Gasteiger partial charge on any atom is 0.225 e. The molecule has 2 fully saturated rings. The molecule has 0 saturated carbocycles. The lowest BCUT2D eigenvalue weighted by molar-refractivity contribution is -0.148. The molecule has 0 radical (unpaired) electrons. The summed E-state index contributed by atoms with van der Waals surface area (Å²) in [4.78, 5) is 17.2. The van der Waals surface area contributed by atoms with E-state index in [0.29, 0.717) is 19.0 Å². The molecule has 0 aromatic heterocycles. The summed E-state index contributed by atoms with van der Waals surface area (Å²) in [6.45, 7) is 10.1.